The van der Waals surface area contributed by atoms with Gasteiger partial charge in [0.1, 0.15) is 10.7 Å². The second-order valence-electron chi connectivity index (χ2n) is 4.27. The third kappa shape index (κ3) is 4.22. The fraction of sp³-hybridized carbons (Fsp3) is 0.500. The van der Waals surface area contributed by atoms with Crippen LogP contribution in [0.1, 0.15) is 20.3 Å². The molecule has 1 rings (SSSR count). The van der Waals surface area contributed by atoms with E-state index < -0.39 is 21.4 Å². The van der Waals surface area contributed by atoms with E-state index in [-0.39, 0.29) is 4.90 Å². The minimum atomic E-state index is -3.77. The molecule has 0 saturated heterocycles. The van der Waals surface area contributed by atoms with Crippen molar-refractivity contribution in [2.45, 2.75) is 30.7 Å². The number of nitrogens with zero attached hydrogens (tertiary/aromatic N) is 1. The topological polar surface area (TPSA) is 59.1 Å². The summed E-state index contributed by atoms with van der Waals surface area (Å²) in [6.45, 7) is 3.42. The summed E-state index contributed by atoms with van der Waals surface area (Å²) >= 11 is 5.58. The zero-order chi connectivity index (χ0) is 13.1. The summed E-state index contributed by atoms with van der Waals surface area (Å²) < 4.78 is 39.2. The Balaban J connectivity index is 2.97. The van der Waals surface area contributed by atoms with Gasteiger partial charge in [0, 0.05) is 17.6 Å². The Morgan fingerprint density at radius 2 is 2.12 bits per heavy atom. The van der Waals surface area contributed by atoms with E-state index in [4.69, 9.17) is 11.6 Å². The molecule has 0 spiro atoms. The zero-order valence-electron chi connectivity index (χ0n) is 9.57. The molecular formula is C10H14ClFN2O2S. The third-order valence-corrected chi connectivity index (χ3v) is 3.97. The predicted molar refractivity (Wildman–Crippen MR) is 63.9 cm³/mol. The van der Waals surface area contributed by atoms with Crippen molar-refractivity contribution >= 4 is 21.6 Å². The Morgan fingerprint density at radius 1 is 1.47 bits per heavy atom. The van der Waals surface area contributed by atoms with Crippen LogP contribution in [0.2, 0.25) is 0 Å². The summed E-state index contributed by atoms with van der Waals surface area (Å²) in [5, 5.41) is 0. The second-order valence-corrected chi connectivity index (χ2v) is 6.33. The minimum absolute atomic E-state index is 0.194. The van der Waals surface area contributed by atoms with Crippen LogP contribution in [0.4, 0.5) is 4.39 Å². The smallest absolute Gasteiger partial charge is 0.242 e. The fourth-order valence-corrected chi connectivity index (χ4v) is 3.14. The molecule has 0 aliphatic heterocycles. The summed E-state index contributed by atoms with van der Waals surface area (Å²) in [4.78, 5) is 3.31. The van der Waals surface area contributed by atoms with Crippen molar-refractivity contribution in [3.05, 3.63) is 24.3 Å². The molecule has 0 unspecified atom stereocenters. The number of hydrogen-bond acceptors (Lipinski definition) is 3. The molecule has 0 saturated carbocycles. The van der Waals surface area contributed by atoms with E-state index in [2.05, 4.69) is 9.71 Å². The number of rotatable bonds is 5. The Kier molecular flexibility index (Phi) is 4.46. The highest BCUT2D eigenvalue weighted by Crippen LogP contribution is 2.16. The SMILES string of the molecule is CC(C)(CCCl)NS(=O)(=O)c1cncc(F)c1. The molecule has 0 amide bonds. The molecule has 0 aliphatic carbocycles. The summed E-state index contributed by atoms with van der Waals surface area (Å²) in [7, 11) is -3.77. The molecule has 1 N–H and O–H groups in total. The number of sulfonamides is 1. The molecule has 0 radical (unpaired) electrons. The van der Waals surface area contributed by atoms with Crippen molar-refractivity contribution in [1.82, 2.24) is 9.71 Å². The first kappa shape index (κ1) is 14.3. The largest absolute Gasteiger partial charge is 0.260 e. The lowest BCUT2D eigenvalue weighted by Gasteiger charge is -2.24. The predicted octanol–water partition coefficient (Wildman–Crippen LogP) is 1.91. The number of pyridine rings is 1. The van der Waals surface area contributed by atoms with Gasteiger partial charge < -0.3 is 0 Å². The zero-order valence-corrected chi connectivity index (χ0v) is 11.1. The monoisotopic (exact) mass is 280 g/mol. The highest BCUT2D eigenvalue weighted by molar-refractivity contribution is 7.89. The molecule has 0 atom stereocenters. The van der Waals surface area contributed by atoms with Crippen LogP contribution in [0, 0.1) is 5.82 Å². The Hall–Kier alpha value is -0.720. The maximum atomic E-state index is 12.9. The maximum absolute atomic E-state index is 12.9. The van der Waals surface area contributed by atoms with Crippen LogP contribution in [0.3, 0.4) is 0 Å². The van der Waals surface area contributed by atoms with Crippen molar-refractivity contribution in [3.8, 4) is 0 Å². The van der Waals surface area contributed by atoms with Crippen LogP contribution in [0.25, 0.3) is 0 Å². The van der Waals surface area contributed by atoms with Crippen molar-refractivity contribution in [2.24, 2.45) is 0 Å². The number of alkyl halides is 1. The van der Waals surface area contributed by atoms with Crippen LogP contribution in [0.5, 0.6) is 0 Å². The lowest BCUT2D eigenvalue weighted by atomic mass is 10.0. The van der Waals surface area contributed by atoms with Crippen molar-refractivity contribution in [2.75, 3.05) is 5.88 Å². The Bertz CT molecular complexity index is 491. The molecule has 0 aliphatic rings. The highest BCUT2D eigenvalue weighted by Gasteiger charge is 2.26. The van der Waals surface area contributed by atoms with Gasteiger partial charge in [-0.25, -0.2) is 17.5 Å². The van der Waals surface area contributed by atoms with Gasteiger partial charge in [0.25, 0.3) is 0 Å². The first-order valence-electron chi connectivity index (χ1n) is 4.97. The molecule has 96 valence electrons. The molecule has 4 nitrogen and oxygen atoms in total. The van der Waals surface area contributed by atoms with Crippen LogP contribution in [-0.2, 0) is 10.0 Å². The molecule has 1 heterocycles. The summed E-state index contributed by atoms with van der Waals surface area (Å²) in [5.41, 5.74) is -0.688. The second kappa shape index (κ2) is 5.29. The van der Waals surface area contributed by atoms with Crippen molar-refractivity contribution < 1.29 is 12.8 Å². The average molecular weight is 281 g/mol. The Morgan fingerprint density at radius 3 is 2.65 bits per heavy atom. The first-order chi connectivity index (χ1) is 7.77. The molecule has 0 bridgehead atoms. The van der Waals surface area contributed by atoms with Crippen molar-refractivity contribution in [1.29, 1.82) is 0 Å². The standard InChI is InChI=1S/C10H14ClFN2O2S/c1-10(2,3-4-11)14-17(15,16)9-5-8(12)6-13-7-9/h5-7,14H,3-4H2,1-2H3. The molecule has 1 aromatic heterocycles. The van der Waals surface area contributed by atoms with E-state index in [0.717, 1.165) is 18.5 Å². The molecular weight excluding hydrogens is 267 g/mol. The molecule has 7 heteroatoms. The van der Waals surface area contributed by atoms with Gasteiger partial charge in [-0.3, -0.25) is 4.98 Å². The van der Waals surface area contributed by atoms with Gasteiger partial charge in [-0.1, -0.05) is 0 Å². The maximum Gasteiger partial charge on any atom is 0.242 e. The van der Waals surface area contributed by atoms with Crippen LogP contribution >= 0.6 is 11.6 Å². The molecule has 0 aromatic carbocycles. The lowest BCUT2D eigenvalue weighted by molar-refractivity contribution is 0.441. The van der Waals surface area contributed by atoms with Crippen molar-refractivity contribution in [3.63, 3.8) is 0 Å². The average Bonchev–Trinajstić information content (AvgIpc) is 2.15. The highest BCUT2D eigenvalue weighted by atomic mass is 35.5. The third-order valence-electron chi connectivity index (χ3n) is 2.12. The van der Waals surface area contributed by atoms with E-state index >= 15 is 0 Å². The first-order valence-corrected chi connectivity index (χ1v) is 6.99. The van der Waals surface area contributed by atoms with Gasteiger partial charge in [-0.2, -0.15) is 0 Å². The summed E-state index contributed by atoms with van der Waals surface area (Å²) in [5.74, 6) is -0.361. The lowest BCUT2D eigenvalue weighted by Crippen LogP contribution is -2.43. The van der Waals surface area contributed by atoms with Gasteiger partial charge >= 0.3 is 0 Å². The minimum Gasteiger partial charge on any atom is -0.260 e. The van der Waals surface area contributed by atoms with Crippen LogP contribution in [-0.4, -0.2) is 24.8 Å². The van der Waals surface area contributed by atoms with Crippen LogP contribution in [0.15, 0.2) is 23.4 Å². The van der Waals surface area contributed by atoms with E-state index in [9.17, 15) is 12.8 Å². The van der Waals surface area contributed by atoms with E-state index in [1.54, 1.807) is 13.8 Å². The Labute approximate surface area is 105 Å². The van der Waals surface area contributed by atoms with E-state index in [0.29, 0.717) is 12.3 Å². The van der Waals surface area contributed by atoms with Gasteiger partial charge in [0.2, 0.25) is 10.0 Å². The van der Waals surface area contributed by atoms with Gasteiger partial charge in [0.15, 0.2) is 0 Å². The van der Waals surface area contributed by atoms with Gasteiger partial charge in [-0.05, 0) is 26.3 Å². The van der Waals surface area contributed by atoms with Crippen LogP contribution < -0.4 is 4.72 Å². The normalized spacial score (nSPS) is 12.7. The number of hydrogen-bond donors (Lipinski definition) is 1. The van der Waals surface area contributed by atoms with E-state index in [1.807, 2.05) is 0 Å². The fourth-order valence-electron chi connectivity index (χ4n) is 1.25. The molecule has 1 aromatic rings. The van der Waals surface area contributed by atoms with Gasteiger partial charge in [0.05, 0.1) is 6.20 Å². The van der Waals surface area contributed by atoms with E-state index in [1.165, 1.54) is 0 Å². The number of nitrogens with one attached hydrogen (secondary N) is 1. The van der Waals surface area contributed by atoms with Gasteiger partial charge in [-0.15, -0.1) is 11.6 Å². The number of aromatic nitrogens is 1. The quantitative estimate of drug-likeness (QED) is 0.838. The molecule has 17 heavy (non-hydrogen) atoms. The summed E-state index contributed by atoms with van der Waals surface area (Å²) in [6.07, 6.45) is 2.52. The summed E-state index contributed by atoms with van der Waals surface area (Å²) in [6, 6.07) is 0.923. The molecule has 0 fully saturated rings. The number of halogens is 2.